The van der Waals surface area contributed by atoms with Gasteiger partial charge in [-0.05, 0) is 65.0 Å². The summed E-state index contributed by atoms with van der Waals surface area (Å²) in [5, 5.41) is 10.7. The molecule has 5 nitrogen and oxygen atoms in total. The molecule has 0 spiro atoms. The molecule has 0 atom stereocenters. The molecule has 29 heavy (non-hydrogen) atoms. The monoisotopic (exact) mass is 384 g/mol. The highest BCUT2D eigenvalue weighted by Gasteiger charge is 2.29. The molecule has 2 heterocycles. The van der Waals surface area contributed by atoms with Crippen LogP contribution in [0.4, 0.5) is 5.69 Å². The summed E-state index contributed by atoms with van der Waals surface area (Å²) in [4.78, 5) is 13.1. The van der Waals surface area contributed by atoms with Crippen molar-refractivity contribution in [1.29, 1.82) is 0 Å². The molecule has 0 N–H and O–H groups in total. The van der Waals surface area contributed by atoms with Crippen LogP contribution >= 0.6 is 0 Å². The number of amides is 1. The molecule has 1 aromatic heterocycles. The molecule has 146 valence electrons. The number of hydrogen-bond donors (Lipinski definition) is 0. The van der Waals surface area contributed by atoms with Crippen molar-refractivity contribution in [2.45, 2.75) is 34.6 Å². The lowest BCUT2D eigenvalue weighted by Crippen LogP contribution is -2.21. The molecular formula is C24H24N4O. The van der Waals surface area contributed by atoms with Crippen molar-refractivity contribution >= 4 is 23.4 Å². The van der Waals surface area contributed by atoms with Crippen molar-refractivity contribution in [3.8, 4) is 5.69 Å². The number of aryl methyl sites for hydroxylation is 3. The van der Waals surface area contributed by atoms with Crippen molar-refractivity contribution in [2.75, 3.05) is 5.01 Å². The van der Waals surface area contributed by atoms with E-state index in [-0.39, 0.29) is 5.91 Å². The quantitative estimate of drug-likeness (QED) is 0.602. The third-order valence-electron chi connectivity index (χ3n) is 5.26. The van der Waals surface area contributed by atoms with Gasteiger partial charge in [-0.3, -0.25) is 4.79 Å². The lowest BCUT2D eigenvalue weighted by molar-refractivity contribution is -0.114. The number of hydrazone groups is 1. The topological polar surface area (TPSA) is 50.5 Å². The van der Waals surface area contributed by atoms with Crippen molar-refractivity contribution in [3.05, 3.63) is 82.2 Å². The Bertz CT molecular complexity index is 1150. The lowest BCUT2D eigenvalue weighted by Gasteiger charge is -2.11. The van der Waals surface area contributed by atoms with E-state index in [0.717, 1.165) is 33.9 Å². The summed E-state index contributed by atoms with van der Waals surface area (Å²) in [6.45, 7) is 9.94. The van der Waals surface area contributed by atoms with E-state index in [4.69, 9.17) is 5.10 Å². The molecule has 1 aliphatic rings. The molecule has 0 saturated heterocycles. The number of benzene rings is 2. The minimum atomic E-state index is -0.117. The van der Waals surface area contributed by atoms with Gasteiger partial charge < -0.3 is 0 Å². The van der Waals surface area contributed by atoms with Gasteiger partial charge in [-0.2, -0.15) is 15.2 Å². The maximum atomic E-state index is 13.1. The Labute approximate surface area is 171 Å². The molecule has 3 aromatic rings. The maximum absolute atomic E-state index is 13.1. The lowest BCUT2D eigenvalue weighted by atomic mass is 10.1. The minimum absolute atomic E-state index is 0.117. The first-order chi connectivity index (χ1) is 13.8. The Balaban J connectivity index is 1.71. The minimum Gasteiger partial charge on any atom is -0.267 e. The number of aromatic nitrogens is 2. The molecule has 0 fully saturated rings. The van der Waals surface area contributed by atoms with E-state index in [2.05, 4.69) is 36.3 Å². The third-order valence-corrected chi connectivity index (χ3v) is 5.26. The number of carbonyl (C=O) groups excluding carboxylic acids is 1. The Hall–Kier alpha value is -3.47. The van der Waals surface area contributed by atoms with E-state index in [1.54, 1.807) is 0 Å². The first kappa shape index (κ1) is 18.9. The van der Waals surface area contributed by atoms with Gasteiger partial charge in [0.1, 0.15) is 0 Å². The molecule has 5 heteroatoms. The van der Waals surface area contributed by atoms with E-state index >= 15 is 0 Å². The van der Waals surface area contributed by atoms with Crippen LogP contribution in [0.2, 0.25) is 0 Å². The highest BCUT2D eigenvalue weighted by Crippen LogP contribution is 2.27. The average molecular weight is 384 g/mol. The Kier molecular flexibility index (Phi) is 4.66. The number of rotatable bonds is 3. The van der Waals surface area contributed by atoms with E-state index < -0.39 is 0 Å². The van der Waals surface area contributed by atoms with Crippen LogP contribution in [0.5, 0.6) is 0 Å². The van der Waals surface area contributed by atoms with Gasteiger partial charge in [0.15, 0.2) is 0 Å². The fraction of sp³-hybridized carbons (Fsp3) is 0.208. The number of nitrogens with zero attached hydrogens (tertiary/aromatic N) is 4. The van der Waals surface area contributed by atoms with Crippen LogP contribution < -0.4 is 5.01 Å². The summed E-state index contributed by atoms with van der Waals surface area (Å²) in [5.41, 5.74) is 8.26. The summed E-state index contributed by atoms with van der Waals surface area (Å²) in [7, 11) is 0. The van der Waals surface area contributed by atoms with Gasteiger partial charge in [0.25, 0.3) is 5.91 Å². The van der Waals surface area contributed by atoms with Crippen LogP contribution in [0.1, 0.15) is 35.0 Å². The van der Waals surface area contributed by atoms with Crippen LogP contribution in [-0.4, -0.2) is 21.4 Å². The number of hydrogen-bond acceptors (Lipinski definition) is 3. The molecule has 0 aliphatic carbocycles. The molecule has 0 saturated carbocycles. The zero-order chi connectivity index (χ0) is 20.7. The fourth-order valence-electron chi connectivity index (χ4n) is 3.49. The van der Waals surface area contributed by atoms with E-state index in [0.29, 0.717) is 11.3 Å². The predicted molar refractivity (Wildman–Crippen MR) is 118 cm³/mol. The Morgan fingerprint density at radius 3 is 1.93 bits per heavy atom. The predicted octanol–water partition coefficient (Wildman–Crippen LogP) is 4.91. The second-order valence-electron chi connectivity index (χ2n) is 7.53. The molecule has 1 amide bonds. The zero-order valence-electron chi connectivity index (χ0n) is 17.4. The summed E-state index contributed by atoms with van der Waals surface area (Å²) in [5.74, 6) is -0.117. The molecule has 2 aromatic carbocycles. The summed E-state index contributed by atoms with van der Waals surface area (Å²) in [6, 6.07) is 16.0. The van der Waals surface area contributed by atoms with Crippen LogP contribution in [0.3, 0.4) is 0 Å². The van der Waals surface area contributed by atoms with Gasteiger partial charge in [0, 0.05) is 11.3 Å². The van der Waals surface area contributed by atoms with Crippen LogP contribution in [0.15, 0.2) is 59.2 Å². The van der Waals surface area contributed by atoms with E-state index in [9.17, 15) is 4.79 Å². The Morgan fingerprint density at radius 2 is 1.34 bits per heavy atom. The molecule has 0 bridgehead atoms. The van der Waals surface area contributed by atoms with E-state index in [1.807, 2.05) is 62.7 Å². The largest absolute Gasteiger partial charge is 0.280 e. The fourth-order valence-corrected chi connectivity index (χ4v) is 3.49. The average Bonchev–Trinajstić information content (AvgIpc) is 3.14. The third kappa shape index (κ3) is 3.40. The highest BCUT2D eigenvalue weighted by molar-refractivity contribution is 6.32. The standard InChI is InChI=1S/C24H24N4O/c1-15-6-10-20(11-7-15)27-19(5)22(17(3)25-27)14-23-18(4)26-28(24(23)29)21-12-8-16(2)9-13-21/h6-14H,1-5H3/b23-14+. The Morgan fingerprint density at radius 1 is 0.793 bits per heavy atom. The van der Waals surface area contributed by atoms with E-state index in [1.165, 1.54) is 10.6 Å². The van der Waals surface area contributed by atoms with Gasteiger partial charge in [-0.15, -0.1) is 0 Å². The van der Waals surface area contributed by atoms with Crippen molar-refractivity contribution < 1.29 is 4.79 Å². The molecule has 0 radical (unpaired) electrons. The van der Waals surface area contributed by atoms with Gasteiger partial charge in [-0.25, -0.2) is 4.68 Å². The second kappa shape index (κ2) is 7.17. The first-order valence-electron chi connectivity index (χ1n) is 9.67. The smallest absolute Gasteiger partial charge is 0.267 e. The molecule has 4 rings (SSSR count). The van der Waals surface area contributed by atoms with Crippen LogP contribution in [-0.2, 0) is 4.79 Å². The summed E-state index contributed by atoms with van der Waals surface area (Å²) in [6.07, 6.45) is 1.91. The zero-order valence-corrected chi connectivity index (χ0v) is 17.4. The van der Waals surface area contributed by atoms with Crippen molar-refractivity contribution in [2.24, 2.45) is 5.10 Å². The first-order valence-corrected chi connectivity index (χ1v) is 9.67. The number of anilines is 1. The van der Waals surface area contributed by atoms with Crippen molar-refractivity contribution in [3.63, 3.8) is 0 Å². The molecular weight excluding hydrogens is 360 g/mol. The van der Waals surface area contributed by atoms with Gasteiger partial charge in [0.05, 0.1) is 28.4 Å². The summed E-state index contributed by atoms with van der Waals surface area (Å²) < 4.78 is 1.92. The number of carbonyl (C=O) groups is 1. The van der Waals surface area contributed by atoms with Gasteiger partial charge in [-0.1, -0.05) is 35.4 Å². The maximum Gasteiger partial charge on any atom is 0.280 e. The van der Waals surface area contributed by atoms with Gasteiger partial charge >= 0.3 is 0 Å². The van der Waals surface area contributed by atoms with Gasteiger partial charge in [0.2, 0.25) is 0 Å². The molecule has 1 aliphatic heterocycles. The van der Waals surface area contributed by atoms with Crippen molar-refractivity contribution in [1.82, 2.24) is 9.78 Å². The second-order valence-corrected chi connectivity index (χ2v) is 7.53. The normalized spacial score (nSPS) is 15.3. The van der Waals surface area contributed by atoms with Crippen LogP contribution in [0, 0.1) is 27.7 Å². The van der Waals surface area contributed by atoms with Crippen LogP contribution in [0.25, 0.3) is 11.8 Å². The summed E-state index contributed by atoms with van der Waals surface area (Å²) >= 11 is 0. The molecule has 0 unspecified atom stereocenters. The highest BCUT2D eigenvalue weighted by atomic mass is 16.2. The SMILES string of the molecule is CC1=NN(c2ccc(C)cc2)C(=O)/C1=C/c1c(C)nn(-c2ccc(C)cc2)c1C.